The van der Waals surface area contributed by atoms with Crippen LogP contribution in [0, 0.1) is 13.8 Å². The number of benzene rings is 7. The van der Waals surface area contributed by atoms with Crippen LogP contribution in [-0.2, 0) is 0 Å². The summed E-state index contributed by atoms with van der Waals surface area (Å²) in [6.07, 6.45) is 0. The SMILES string of the molecule is Cc1ccc2[nH]c3ccc(-c4ccc5oc6ccc(-c7ccc8c(c7)c7cc(C)ccc7n8-c7ccccc7)cc6c5c4)cc3c2c1. The van der Waals surface area contributed by atoms with E-state index in [4.69, 9.17) is 4.42 Å². The lowest BCUT2D eigenvalue weighted by Crippen LogP contribution is -1.93. The zero-order chi connectivity index (χ0) is 31.2. The third-order valence-electron chi connectivity index (χ3n) is 9.83. The summed E-state index contributed by atoms with van der Waals surface area (Å²) in [5, 5.41) is 7.30. The van der Waals surface area contributed by atoms with Crippen molar-refractivity contribution >= 4 is 65.6 Å². The largest absolute Gasteiger partial charge is 0.456 e. The van der Waals surface area contributed by atoms with E-state index in [0.29, 0.717) is 0 Å². The van der Waals surface area contributed by atoms with E-state index in [1.165, 1.54) is 77.2 Å². The first kappa shape index (κ1) is 26.2. The first-order valence-corrected chi connectivity index (χ1v) is 16.2. The van der Waals surface area contributed by atoms with Crippen molar-refractivity contribution in [3.8, 4) is 27.9 Å². The van der Waals surface area contributed by atoms with E-state index in [2.05, 4.69) is 163 Å². The molecule has 0 spiro atoms. The molecular formula is C44H30N2O. The van der Waals surface area contributed by atoms with Crippen LogP contribution in [-0.4, -0.2) is 9.55 Å². The van der Waals surface area contributed by atoms with Crippen molar-refractivity contribution in [2.45, 2.75) is 13.8 Å². The van der Waals surface area contributed by atoms with Gasteiger partial charge in [-0.05, 0) is 121 Å². The maximum Gasteiger partial charge on any atom is 0.135 e. The second-order valence-corrected chi connectivity index (χ2v) is 12.9. The number of nitrogens with one attached hydrogen (secondary N) is 1. The van der Waals surface area contributed by atoms with Gasteiger partial charge in [-0.3, -0.25) is 0 Å². The number of rotatable bonds is 3. The minimum atomic E-state index is 0.904. The molecular weight excluding hydrogens is 572 g/mol. The molecule has 10 rings (SSSR count). The molecule has 10 aromatic rings. The number of aryl methyl sites for hydroxylation is 2. The Hall–Kier alpha value is -6.06. The zero-order valence-electron chi connectivity index (χ0n) is 26.1. The van der Waals surface area contributed by atoms with Gasteiger partial charge < -0.3 is 14.0 Å². The van der Waals surface area contributed by atoms with Crippen LogP contribution >= 0.6 is 0 Å². The van der Waals surface area contributed by atoms with E-state index in [-0.39, 0.29) is 0 Å². The van der Waals surface area contributed by atoms with Gasteiger partial charge in [0, 0.05) is 49.0 Å². The van der Waals surface area contributed by atoms with Crippen LogP contribution in [0.2, 0.25) is 0 Å². The van der Waals surface area contributed by atoms with Gasteiger partial charge in [0.15, 0.2) is 0 Å². The van der Waals surface area contributed by atoms with Gasteiger partial charge in [0.05, 0.1) is 11.0 Å². The molecule has 0 saturated heterocycles. The van der Waals surface area contributed by atoms with E-state index in [9.17, 15) is 0 Å². The molecule has 0 aliphatic heterocycles. The summed E-state index contributed by atoms with van der Waals surface area (Å²) in [6, 6.07) is 50.7. The quantitative estimate of drug-likeness (QED) is 0.214. The van der Waals surface area contributed by atoms with E-state index >= 15 is 0 Å². The third-order valence-corrected chi connectivity index (χ3v) is 9.83. The Morgan fingerprint density at radius 1 is 0.426 bits per heavy atom. The van der Waals surface area contributed by atoms with Gasteiger partial charge in [0.25, 0.3) is 0 Å². The predicted octanol–water partition coefficient (Wildman–Crippen LogP) is 12.3. The Labute approximate surface area is 271 Å². The zero-order valence-corrected chi connectivity index (χ0v) is 26.1. The molecule has 0 aliphatic rings. The molecule has 0 saturated carbocycles. The van der Waals surface area contributed by atoms with Crippen LogP contribution in [0.5, 0.6) is 0 Å². The molecule has 0 amide bonds. The summed E-state index contributed by atoms with van der Waals surface area (Å²) in [4.78, 5) is 3.57. The molecule has 3 nitrogen and oxygen atoms in total. The number of nitrogens with zero attached hydrogens (tertiary/aromatic N) is 1. The van der Waals surface area contributed by atoms with Gasteiger partial charge in [0.2, 0.25) is 0 Å². The van der Waals surface area contributed by atoms with E-state index in [1.54, 1.807) is 0 Å². The molecule has 47 heavy (non-hydrogen) atoms. The van der Waals surface area contributed by atoms with Crippen molar-refractivity contribution < 1.29 is 4.42 Å². The summed E-state index contributed by atoms with van der Waals surface area (Å²) in [6.45, 7) is 4.32. The predicted molar refractivity (Wildman–Crippen MR) is 198 cm³/mol. The monoisotopic (exact) mass is 602 g/mol. The lowest BCUT2D eigenvalue weighted by Gasteiger charge is -2.08. The molecule has 3 heterocycles. The second kappa shape index (κ2) is 9.72. The summed E-state index contributed by atoms with van der Waals surface area (Å²) < 4.78 is 8.72. The number of hydrogen-bond acceptors (Lipinski definition) is 1. The lowest BCUT2D eigenvalue weighted by molar-refractivity contribution is 0.669. The fourth-order valence-electron chi connectivity index (χ4n) is 7.50. The fourth-order valence-corrected chi connectivity index (χ4v) is 7.50. The first-order valence-electron chi connectivity index (χ1n) is 16.2. The summed E-state index contributed by atoms with van der Waals surface area (Å²) in [5.74, 6) is 0. The highest BCUT2D eigenvalue weighted by Gasteiger charge is 2.15. The van der Waals surface area contributed by atoms with Crippen LogP contribution in [0.15, 0.2) is 144 Å². The number of para-hydroxylation sites is 1. The lowest BCUT2D eigenvalue weighted by atomic mass is 9.98. The van der Waals surface area contributed by atoms with Crippen molar-refractivity contribution in [3.05, 3.63) is 151 Å². The molecule has 0 unspecified atom stereocenters. The fraction of sp³-hybridized carbons (Fsp3) is 0.0455. The highest BCUT2D eigenvalue weighted by molar-refractivity contribution is 6.12. The third kappa shape index (κ3) is 4.00. The van der Waals surface area contributed by atoms with Gasteiger partial charge in [0.1, 0.15) is 11.2 Å². The molecule has 0 radical (unpaired) electrons. The smallest absolute Gasteiger partial charge is 0.135 e. The number of aromatic nitrogens is 2. The van der Waals surface area contributed by atoms with Crippen molar-refractivity contribution in [2.24, 2.45) is 0 Å². The highest BCUT2D eigenvalue weighted by atomic mass is 16.3. The molecule has 0 fully saturated rings. The normalized spacial score (nSPS) is 12.0. The Kier molecular flexibility index (Phi) is 5.41. The van der Waals surface area contributed by atoms with E-state index in [1.807, 2.05) is 0 Å². The van der Waals surface area contributed by atoms with Gasteiger partial charge in [-0.2, -0.15) is 0 Å². The van der Waals surface area contributed by atoms with Crippen molar-refractivity contribution in [3.63, 3.8) is 0 Å². The summed E-state index contributed by atoms with van der Waals surface area (Å²) >= 11 is 0. The standard InChI is InChI=1S/C44H30N2O/c1-26-8-14-39-33(20-26)34-22-28(10-15-40(34)45-39)30-12-18-43-37(24-30)38-25-31(13-19-44(38)47-43)29-11-17-42-36(23-29)35-21-27(2)9-16-41(35)46(42)32-6-4-3-5-7-32/h3-25,45H,1-2H3. The van der Waals surface area contributed by atoms with Gasteiger partial charge in [-0.15, -0.1) is 0 Å². The Bertz CT molecular complexity index is 2860. The van der Waals surface area contributed by atoms with Crippen molar-refractivity contribution in [2.75, 3.05) is 0 Å². The maximum absolute atomic E-state index is 6.35. The number of fused-ring (bicyclic) bond motifs is 9. The van der Waals surface area contributed by atoms with Gasteiger partial charge in [-0.1, -0.05) is 65.7 Å². The molecule has 0 bridgehead atoms. The number of H-pyrrole nitrogens is 1. The second-order valence-electron chi connectivity index (χ2n) is 12.9. The number of furan rings is 1. The molecule has 0 atom stereocenters. The topological polar surface area (TPSA) is 33.9 Å². The van der Waals surface area contributed by atoms with Crippen LogP contribution in [0.1, 0.15) is 11.1 Å². The molecule has 3 heteroatoms. The molecule has 3 aromatic heterocycles. The molecule has 222 valence electrons. The Morgan fingerprint density at radius 2 is 0.894 bits per heavy atom. The molecule has 7 aromatic carbocycles. The Morgan fingerprint density at radius 3 is 1.57 bits per heavy atom. The van der Waals surface area contributed by atoms with E-state index in [0.717, 1.165) is 27.5 Å². The van der Waals surface area contributed by atoms with Crippen LogP contribution in [0.3, 0.4) is 0 Å². The molecule has 0 aliphatic carbocycles. The van der Waals surface area contributed by atoms with E-state index < -0.39 is 0 Å². The van der Waals surface area contributed by atoms with Gasteiger partial charge in [-0.25, -0.2) is 0 Å². The summed E-state index contributed by atoms with van der Waals surface area (Å²) in [5.41, 5.74) is 15.0. The first-order chi connectivity index (χ1) is 23.1. The van der Waals surface area contributed by atoms with Crippen molar-refractivity contribution in [1.82, 2.24) is 9.55 Å². The molecule has 1 N–H and O–H groups in total. The minimum Gasteiger partial charge on any atom is -0.456 e. The van der Waals surface area contributed by atoms with Gasteiger partial charge >= 0.3 is 0 Å². The number of hydrogen-bond donors (Lipinski definition) is 1. The highest BCUT2D eigenvalue weighted by Crippen LogP contribution is 2.39. The van der Waals surface area contributed by atoms with Crippen LogP contribution in [0.25, 0.3) is 93.5 Å². The number of aromatic amines is 1. The maximum atomic E-state index is 6.35. The minimum absolute atomic E-state index is 0.904. The van der Waals surface area contributed by atoms with Crippen LogP contribution in [0.4, 0.5) is 0 Å². The van der Waals surface area contributed by atoms with Crippen molar-refractivity contribution in [1.29, 1.82) is 0 Å². The Balaban J connectivity index is 1.12. The van der Waals surface area contributed by atoms with Crippen LogP contribution < -0.4 is 0 Å². The summed E-state index contributed by atoms with van der Waals surface area (Å²) in [7, 11) is 0. The average Bonchev–Trinajstić information content (AvgIpc) is 3.76. The average molecular weight is 603 g/mol.